The van der Waals surface area contributed by atoms with Gasteiger partial charge in [-0.3, -0.25) is 9.48 Å². The van der Waals surface area contributed by atoms with Crippen LogP contribution in [0.1, 0.15) is 6.92 Å². The molecule has 0 radical (unpaired) electrons. The van der Waals surface area contributed by atoms with Crippen LogP contribution in [-0.2, 0) is 16.9 Å². The molecule has 7 heteroatoms. The first kappa shape index (κ1) is 10.5. The number of nitriles is 1. The van der Waals surface area contributed by atoms with Crippen molar-refractivity contribution in [2.24, 2.45) is 7.05 Å². The van der Waals surface area contributed by atoms with Crippen LogP contribution >= 0.6 is 0 Å². The third-order valence-corrected chi connectivity index (χ3v) is 3.80. The zero-order chi connectivity index (χ0) is 10.9. The van der Waals surface area contributed by atoms with E-state index in [0.29, 0.717) is 0 Å². The molecule has 1 N–H and O–H groups in total. The van der Waals surface area contributed by atoms with Crippen LogP contribution in [0.2, 0.25) is 0 Å². The van der Waals surface area contributed by atoms with Gasteiger partial charge in [-0.05, 0) is 6.92 Å². The van der Waals surface area contributed by atoms with Crippen molar-refractivity contribution in [3.8, 4) is 6.07 Å². The van der Waals surface area contributed by atoms with Gasteiger partial charge in [-0.1, -0.05) is 0 Å². The van der Waals surface area contributed by atoms with Gasteiger partial charge >= 0.3 is 0 Å². The van der Waals surface area contributed by atoms with Crippen molar-refractivity contribution in [1.29, 1.82) is 5.26 Å². The van der Waals surface area contributed by atoms with Crippen LogP contribution in [0.15, 0.2) is 15.9 Å². The second kappa shape index (κ2) is 3.31. The summed E-state index contributed by atoms with van der Waals surface area (Å²) in [6, 6.07) is 1.59. The number of aryl methyl sites for hydroxylation is 1. The smallest absolute Gasteiger partial charge is 0.285 e. The summed E-state index contributed by atoms with van der Waals surface area (Å²) in [4.78, 5) is 10.9. The summed E-state index contributed by atoms with van der Waals surface area (Å²) in [7, 11) is -2.42. The number of nitrogens with one attached hydrogen (secondary N) is 1. The summed E-state index contributed by atoms with van der Waals surface area (Å²) in [5.41, 5.74) is -0.646. The van der Waals surface area contributed by atoms with E-state index in [1.165, 1.54) is 14.0 Å². The van der Waals surface area contributed by atoms with Crippen LogP contribution in [0.5, 0.6) is 0 Å². The maximum absolute atomic E-state index is 11.5. The first-order valence-electron chi connectivity index (χ1n) is 3.79. The maximum atomic E-state index is 11.5. The Bertz CT molecular complexity index is 531. The number of H-pyrrole nitrogens is 1. The molecule has 14 heavy (non-hydrogen) atoms. The third kappa shape index (κ3) is 1.44. The predicted molar refractivity (Wildman–Crippen MR) is 48.3 cm³/mol. The van der Waals surface area contributed by atoms with E-state index < -0.39 is 20.6 Å². The Balaban J connectivity index is 3.41. The van der Waals surface area contributed by atoms with Gasteiger partial charge in [0.2, 0.25) is 9.84 Å². The molecule has 0 aliphatic carbocycles. The zero-order valence-electron chi connectivity index (χ0n) is 7.68. The molecular formula is C7H9N3O3S. The van der Waals surface area contributed by atoms with Gasteiger partial charge in [0.05, 0.1) is 6.07 Å². The Morgan fingerprint density at radius 3 is 2.57 bits per heavy atom. The Labute approximate surface area is 80.7 Å². The topological polar surface area (TPSA) is 95.7 Å². The van der Waals surface area contributed by atoms with Crippen LogP contribution in [0, 0.1) is 11.3 Å². The summed E-state index contributed by atoms with van der Waals surface area (Å²) in [6.45, 7) is 1.24. The summed E-state index contributed by atoms with van der Waals surface area (Å²) >= 11 is 0. The lowest BCUT2D eigenvalue weighted by molar-refractivity contribution is 0.590. The normalized spacial score (nSPS) is 13.5. The maximum Gasteiger partial charge on any atom is 0.285 e. The zero-order valence-corrected chi connectivity index (χ0v) is 8.50. The quantitative estimate of drug-likeness (QED) is 0.712. The fraction of sp³-hybridized carbons (Fsp3) is 0.429. The molecule has 1 atom stereocenters. The van der Waals surface area contributed by atoms with Crippen molar-refractivity contribution in [2.45, 2.75) is 17.1 Å². The SMILES string of the molecule is CC(C#N)S(=O)(=O)c1c[nH]n(C)c1=O. The van der Waals surface area contributed by atoms with E-state index in [0.717, 1.165) is 10.9 Å². The minimum atomic E-state index is -3.82. The monoisotopic (exact) mass is 215 g/mol. The van der Waals surface area contributed by atoms with Gasteiger partial charge in [-0.2, -0.15) is 5.26 Å². The molecule has 6 nitrogen and oxygen atoms in total. The fourth-order valence-corrected chi connectivity index (χ4v) is 2.02. The number of hydrogen-bond acceptors (Lipinski definition) is 4. The molecule has 1 aromatic heterocycles. The van der Waals surface area contributed by atoms with E-state index in [4.69, 9.17) is 5.26 Å². The second-order valence-corrected chi connectivity index (χ2v) is 5.06. The molecule has 1 unspecified atom stereocenters. The van der Waals surface area contributed by atoms with Gasteiger partial charge in [0.15, 0.2) is 4.90 Å². The molecular weight excluding hydrogens is 206 g/mol. The first-order chi connectivity index (χ1) is 6.41. The molecule has 0 spiro atoms. The van der Waals surface area contributed by atoms with Crippen molar-refractivity contribution in [3.63, 3.8) is 0 Å². The molecule has 0 saturated carbocycles. The van der Waals surface area contributed by atoms with Crippen molar-refractivity contribution in [1.82, 2.24) is 9.78 Å². The van der Waals surface area contributed by atoms with Gasteiger partial charge in [-0.25, -0.2) is 8.42 Å². The standard InChI is InChI=1S/C7H9N3O3S/c1-5(3-8)14(12,13)6-4-9-10(2)7(6)11/h4-5,9H,1-2H3. The Hall–Kier alpha value is -1.55. The van der Waals surface area contributed by atoms with E-state index in [-0.39, 0.29) is 4.90 Å². The van der Waals surface area contributed by atoms with E-state index >= 15 is 0 Å². The van der Waals surface area contributed by atoms with Crippen LogP contribution in [-0.4, -0.2) is 23.4 Å². The molecule has 0 aliphatic rings. The first-order valence-corrected chi connectivity index (χ1v) is 5.34. The van der Waals surface area contributed by atoms with Crippen molar-refractivity contribution < 1.29 is 8.42 Å². The van der Waals surface area contributed by atoms with Crippen LogP contribution in [0.4, 0.5) is 0 Å². The Kier molecular flexibility index (Phi) is 2.49. The summed E-state index contributed by atoms with van der Waals surface area (Å²) < 4.78 is 24.1. The van der Waals surface area contributed by atoms with Crippen molar-refractivity contribution >= 4 is 9.84 Å². The van der Waals surface area contributed by atoms with E-state index in [2.05, 4.69) is 5.10 Å². The minimum Gasteiger partial charge on any atom is -0.302 e. The van der Waals surface area contributed by atoms with E-state index in [1.807, 2.05) is 0 Å². The van der Waals surface area contributed by atoms with E-state index in [1.54, 1.807) is 6.07 Å². The van der Waals surface area contributed by atoms with Gasteiger partial charge in [0, 0.05) is 13.2 Å². The molecule has 0 aliphatic heterocycles. The lowest BCUT2D eigenvalue weighted by Gasteiger charge is -2.00. The number of nitrogens with zero attached hydrogens (tertiary/aromatic N) is 2. The molecule has 0 aromatic carbocycles. The highest BCUT2D eigenvalue weighted by atomic mass is 32.2. The highest BCUT2D eigenvalue weighted by molar-refractivity contribution is 7.92. The summed E-state index contributed by atoms with van der Waals surface area (Å²) in [5.74, 6) is 0. The average Bonchev–Trinajstić information content (AvgIpc) is 2.46. The van der Waals surface area contributed by atoms with Gasteiger partial charge < -0.3 is 5.10 Å². The lowest BCUT2D eigenvalue weighted by Crippen LogP contribution is -2.24. The van der Waals surface area contributed by atoms with Crippen LogP contribution < -0.4 is 5.56 Å². The predicted octanol–water partition coefficient (Wildman–Crippen LogP) is -0.601. The molecule has 0 fully saturated rings. The highest BCUT2D eigenvalue weighted by Gasteiger charge is 2.27. The Morgan fingerprint density at radius 1 is 1.64 bits per heavy atom. The number of aromatic nitrogens is 2. The molecule has 1 rings (SSSR count). The molecule has 1 heterocycles. The average molecular weight is 215 g/mol. The highest BCUT2D eigenvalue weighted by Crippen LogP contribution is 2.09. The molecule has 0 saturated heterocycles. The number of sulfone groups is 1. The van der Waals surface area contributed by atoms with Crippen LogP contribution in [0.25, 0.3) is 0 Å². The minimum absolute atomic E-state index is 0.367. The molecule has 0 amide bonds. The Morgan fingerprint density at radius 2 is 2.21 bits per heavy atom. The van der Waals surface area contributed by atoms with Gasteiger partial charge in [-0.15, -0.1) is 0 Å². The number of rotatable bonds is 2. The molecule has 76 valence electrons. The third-order valence-electron chi connectivity index (χ3n) is 1.86. The molecule has 1 aromatic rings. The van der Waals surface area contributed by atoms with E-state index in [9.17, 15) is 13.2 Å². The van der Waals surface area contributed by atoms with Crippen LogP contribution in [0.3, 0.4) is 0 Å². The van der Waals surface area contributed by atoms with Crippen molar-refractivity contribution in [2.75, 3.05) is 0 Å². The van der Waals surface area contributed by atoms with Crippen molar-refractivity contribution in [3.05, 3.63) is 16.6 Å². The van der Waals surface area contributed by atoms with Gasteiger partial charge in [0.1, 0.15) is 5.25 Å². The van der Waals surface area contributed by atoms with Gasteiger partial charge in [0.25, 0.3) is 5.56 Å². The lowest BCUT2D eigenvalue weighted by atomic mass is 10.5. The fourth-order valence-electron chi connectivity index (χ4n) is 0.905. The largest absolute Gasteiger partial charge is 0.302 e. The number of aromatic amines is 1. The summed E-state index contributed by atoms with van der Waals surface area (Å²) in [6.07, 6.45) is 1.09. The molecule has 0 bridgehead atoms. The summed E-state index contributed by atoms with van der Waals surface area (Å²) in [5, 5.41) is 9.70. The number of hydrogen-bond donors (Lipinski definition) is 1. The second-order valence-electron chi connectivity index (χ2n) is 2.82.